The van der Waals surface area contributed by atoms with Gasteiger partial charge in [-0.3, -0.25) is 0 Å². The largest absolute Gasteiger partial charge is 0.484 e. The lowest BCUT2D eigenvalue weighted by Gasteiger charge is -2.09. The monoisotopic (exact) mass is 268 g/mol. The van der Waals surface area contributed by atoms with E-state index in [1.807, 2.05) is 55.6 Å². The minimum atomic E-state index is 0.329. The van der Waals surface area contributed by atoms with Crippen LogP contribution in [0, 0.1) is 0 Å². The molecule has 3 rings (SSSR count). The number of ether oxygens (including phenoxy) is 1. The molecule has 4 nitrogen and oxygen atoms in total. The Morgan fingerprint density at radius 2 is 1.90 bits per heavy atom. The van der Waals surface area contributed by atoms with Crippen LogP contribution in [0.4, 0.5) is 0 Å². The van der Waals surface area contributed by atoms with Crippen LogP contribution in [0.25, 0.3) is 11.1 Å². The summed E-state index contributed by atoms with van der Waals surface area (Å²) in [6, 6.07) is 15.7. The Hall–Kier alpha value is -2.33. The topological polar surface area (TPSA) is 47.3 Å². The standard InChI is InChI=1S/C16H16N2O2/c1-17-10-12-6-2-4-8-14(12)19-11-16-18-13-7-3-5-9-15(13)20-16/h2-9,17H,10-11H2,1H3. The van der Waals surface area contributed by atoms with Gasteiger partial charge in [0.05, 0.1) is 0 Å². The van der Waals surface area contributed by atoms with Crippen LogP contribution in [0.2, 0.25) is 0 Å². The maximum Gasteiger partial charge on any atom is 0.233 e. The van der Waals surface area contributed by atoms with E-state index in [4.69, 9.17) is 9.15 Å². The van der Waals surface area contributed by atoms with Crippen LogP contribution in [-0.2, 0) is 13.2 Å². The highest BCUT2D eigenvalue weighted by molar-refractivity contribution is 5.72. The van der Waals surface area contributed by atoms with Gasteiger partial charge in [0.25, 0.3) is 0 Å². The Kier molecular flexibility index (Phi) is 3.65. The van der Waals surface area contributed by atoms with Crippen LogP contribution in [0.1, 0.15) is 11.5 Å². The normalized spacial score (nSPS) is 10.8. The van der Waals surface area contributed by atoms with Gasteiger partial charge in [0.2, 0.25) is 5.89 Å². The van der Waals surface area contributed by atoms with Gasteiger partial charge in [0.1, 0.15) is 11.3 Å². The summed E-state index contributed by atoms with van der Waals surface area (Å²) in [7, 11) is 1.91. The number of oxazole rings is 1. The number of para-hydroxylation sites is 3. The third kappa shape index (κ3) is 2.65. The van der Waals surface area contributed by atoms with Crippen molar-refractivity contribution in [1.82, 2.24) is 10.3 Å². The molecule has 0 spiro atoms. The molecule has 1 N–H and O–H groups in total. The van der Waals surface area contributed by atoms with Gasteiger partial charge in [-0.2, -0.15) is 0 Å². The van der Waals surface area contributed by atoms with Crippen molar-refractivity contribution in [2.75, 3.05) is 7.05 Å². The van der Waals surface area contributed by atoms with Gasteiger partial charge in [-0.05, 0) is 25.2 Å². The van der Waals surface area contributed by atoms with Crippen molar-refractivity contribution in [3.05, 3.63) is 60.0 Å². The van der Waals surface area contributed by atoms with E-state index >= 15 is 0 Å². The highest BCUT2D eigenvalue weighted by Gasteiger charge is 2.07. The average molecular weight is 268 g/mol. The number of benzene rings is 2. The summed E-state index contributed by atoms with van der Waals surface area (Å²) < 4.78 is 11.4. The Bertz CT molecular complexity index is 673. The van der Waals surface area contributed by atoms with Crippen LogP contribution in [0.5, 0.6) is 5.75 Å². The third-order valence-corrected chi connectivity index (χ3v) is 3.03. The smallest absolute Gasteiger partial charge is 0.233 e. The SMILES string of the molecule is CNCc1ccccc1OCc1nc2ccccc2o1. The zero-order valence-electron chi connectivity index (χ0n) is 11.3. The fourth-order valence-corrected chi connectivity index (χ4v) is 2.10. The number of hydrogen-bond acceptors (Lipinski definition) is 4. The molecule has 4 heteroatoms. The van der Waals surface area contributed by atoms with Crippen molar-refractivity contribution in [3.8, 4) is 5.75 Å². The fourth-order valence-electron chi connectivity index (χ4n) is 2.10. The van der Waals surface area contributed by atoms with Gasteiger partial charge in [0, 0.05) is 12.1 Å². The molecule has 1 heterocycles. The van der Waals surface area contributed by atoms with Gasteiger partial charge in [0.15, 0.2) is 12.2 Å². The second-order valence-electron chi connectivity index (χ2n) is 4.50. The van der Waals surface area contributed by atoms with Gasteiger partial charge in [-0.15, -0.1) is 0 Å². The van der Waals surface area contributed by atoms with E-state index in [2.05, 4.69) is 10.3 Å². The van der Waals surface area contributed by atoms with E-state index in [9.17, 15) is 0 Å². The van der Waals surface area contributed by atoms with Crippen LogP contribution < -0.4 is 10.1 Å². The van der Waals surface area contributed by atoms with Crippen molar-refractivity contribution in [1.29, 1.82) is 0 Å². The Morgan fingerprint density at radius 1 is 1.10 bits per heavy atom. The van der Waals surface area contributed by atoms with Crippen LogP contribution in [-0.4, -0.2) is 12.0 Å². The van der Waals surface area contributed by atoms with Gasteiger partial charge in [-0.25, -0.2) is 4.98 Å². The molecule has 3 aromatic rings. The third-order valence-electron chi connectivity index (χ3n) is 3.03. The summed E-state index contributed by atoms with van der Waals surface area (Å²) in [6.07, 6.45) is 0. The average Bonchev–Trinajstić information content (AvgIpc) is 2.89. The summed E-state index contributed by atoms with van der Waals surface area (Å²) in [5, 5.41) is 3.13. The maximum atomic E-state index is 5.81. The molecule has 0 bridgehead atoms. The summed E-state index contributed by atoms with van der Waals surface area (Å²) >= 11 is 0. The highest BCUT2D eigenvalue weighted by Crippen LogP contribution is 2.20. The lowest BCUT2D eigenvalue weighted by Crippen LogP contribution is -2.07. The molecule has 0 radical (unpaired) electrons. The minimum absolute atomic E-state index is 0.329. The molecule has 102 valence electrons. The molecule has 0 saturated carbocycles. The van der Waals surface area contributed by atoms with E-state index in [-0.39, 0.29) is 0 Å². The van der Waals surface area contributed by atoms with Gasteiger partial charge in [-0.1, -0.05) is 30.3 Å². The molecule has 0 fully saturated rings. The fraction of sp³-hybridized carbons (Fsp3) is 0.188. The zero-order chi connectivity index (χ0) is 13.8. The number of fused-ring (bicyclic) bond motifs is 1. The lowest BCUT2D eigenvalue weighted by molar-refractivity contribution is 0.264. The molecule has 0 amide bonds. The van der Waals surface area contributed by atoms with E-state index in [1.54, 1.807) is 0 Å². The first kappa shape index (κ1) is 12.7. The van der Waals surface area contributed by atoms with E-state index in [0.29, 0.717) is 12.5 Å². The number of nitrogens with one attached hydrogen (secondary N) is 1. The molecule has 0 aliphatic carbocycles. The molecule has 1 aromatic heterocycles. The van der Waals surface area contributed by atoms with Crippen molar-refractivity contribution in [2.24, 2.45) is 0 Å². The second kappa shape index (κ2) is 5.75. The summed E-state index contributed by atoms with van der Waals surface area (Å²) in [4.78, 5) is 4.40. The summed E-state index contributed by atoms with van der Waals surface area (Å²) in [5.41, 5.74) is 2.76. The second-order valence-corrected chi connectivity index (χ2v) is 4.50. The Labute approximate surface area is 117 Å². The molecular formula is C16H16N2O2. The predicted molar refractivity (Wildman–Crippen MR) is 77.5 cm³/mol. The maximum absolute atomic E-state index is 5.81. The minimum Gasteiger partial charge on any atom is -0.484 e. The predicted octanol–water partition coefficient (Wildman–Crippen LogP) is 3.13. The highest BCUT2D eigenvalue weighted by atomic mass is 16.5. The summed E-state index contributed by atoms with van der Waals surface area (Å²) in [5.74, 6) is 1.44. The van der Waals surface area contributed by atoms with E-state index in [1.165, 1.54) is 0 Å². The molecule has 0 atom stereocenters. The molecule has 2 aromatic carbocycles. The number of aromatic nitrogens is 1. The number of hydrogen-bond donors (Lipinski definition) is 1. The van der Waals surface area contributed by atoms with E-state index in [0.717, 1.165) is 29.0 Å². The molecule has 0 saturated heterocycles. The van der Waals surface area contributed by atoms with Gasteiger partial charge >= 0.3 is 0 Å². The molecule has 0 aliphatic heterocycles. The van der Waals surface area contributed by atoms with Crippen molar-refractivity contribution in [3.63, 3.8) is 0 Å². The van der Waals surface area contributed by atoms with Crippen LogP contribution in [0.3, 0.4) is 0 Å². The molecule has 0 unspecified atom stereocenters. The summed E-state index contributed by atoms with van der Waals surface area (Å²) in [6.45, 7) is 1.10. The van der Waals surface area contributed by atoms with Crippen molar-refractivity contribution in [2.45, 2.75) is 13.2 Å². The molecular weight excluding hydrogens is 252 g/mol. The Morgan fingerprint density at radius 3 is 2.75 bits per heavy atom. The van der Waals surface area contributed by atoms with Gasteiger partial charge < -0.3 is 14.5 Å². The quantitative estimate of drug-likeness (QED) is 0.772. The van der Waals surface area contributed by atoms with Crippen LogP contribution >= 0.6 is 0 Å². The van der Waals surface area contributed by atoms with Crippen LogP contribution in [0.15, 0.2) is 52.9 Å². The van der Waals surface area contributed by atoms with Crippen molar-refractivity contribution >= 4 is 11.1 Å². The lowest BCUT2D eigenvalue weighted by atomic mass is 10.2. The first-order chi connectivity index (χ1) is 9.86. The van der Waals surface area contributed by atoms with Crippen molar-refractivity contribution < 1.29 is 9.15 Å². The van der Waals surface area contributed by atoms with E-state index < -0.39 is 0 Å². The number of nitrogens with zero attached hydrogens (tertiary/aromatic N) is 1. The number of rotatable bonds is 5. The first-order valence-corrected chi connectivity index (χ1v) is 6.56. The Balaban J connectivity index is 1.76. The molecule has 20 heavy (non-hydrogen) atoms. The molecule has 0 aliphatic rings. The first-order valence-electron chi connectivity index (χ1n) is 6.56. The zero-order valence-corrected chi connectivity index (χ0v) is 11.3.